The van der Waals surface area contributed by atoms with E-state index < -0.39 is 0 Å². The molecule has 14 heavy (non-hydrogen) atoms. The fraction of sp³-hybridized carbons (Fsp3) is 0.500. The molecular formula is C10H14N2OS. The molecule has 3 nitrogen and oxygen atoms in total. The van der Waals surface area contributed by atoms with E-state index in [-0.39, 0.29) is 0 Å². The van der Waals surface area contributed by atoms with Crippen LogP contribution in [0.2, 0.25) is 0 Å². The molecule has 1 fully saturated rings. The van der Waals surface area contributed by atoms with E-state index in [1.165, 1.54) is 0 Å². The summed E-state index contributed by atoms with van der Waals surface area (Å²) in [5.74, 6) is 1.83. The molecule has 1 aromatic heterocycles. The fourth-order valence-corrected chi connectivity index (χ4v) is 2.66. The quantitative estimate of drug-likeness (QED) is 0.807. The first-order valence-electron chi connectivity index (χ1n) is 4.68. The molecule has 0 amide bonds. The molecular weight excluding hydrogens is 196 g/mol. The van der Waals surface area contributed by atoms with Crippen molar-refractivity contribution in [2.24, 2.45) is 0 Å². The first-order valence-corrected chi connectivity index (χ1v) is 5.73. The van der Waals surface area contributed by atoms with E-state index >= 15 is 0 Å². The SMILES string of the molecule is COc1cccc(C2NC(C)CS2)n1. The number of ether oxygens (including phenoxy) is 1. The molecule has 0 spiro atoms. The number of hydrogen-bond donors (Lipinski definition) is 1. The molecule has 4 heteroatoms. The highest BCUT2D eigenvalue weighted by molar-refractivity contribution is 7.99. The fourth-order valence-electron chi connectivity index (χ4n) is 1.46. The molecule has 1 saturated heterocycles. The van der Waals surface area contributed by atoms with Gasteiger partial charge in [-0.25, -0.2) is 4.98 Å². The van der Waals surface area contributed by atoms with Crippen LogP contribution in [0.3, 0.4) is 0 Å². The van der Waals surface area contributed by atoms with Gasteiger partial charge < -0.3 is 4.74 Å². The Labute approximate surface area is 88.3 Å². The smallest absolute Gasteiger partial charge is 0.213 e. The summed E-state index contributed by atoms with van der Waals surface area (Å²) in [6.45, 7) is 2.19. The average Bonchev–Trinajstić information content (AvgIpc) is 2.65. The Kier molecular flexibility index (Phi) is 2.93. The van der Waals surface area contributed by atoms with Crippen molar-refractivity contribution in [2.45, 2.75) is 18.3 Å². The van der Waals surface area contributed by atoms with Crippen LogP contribution in [0.5, 0.6) is 5.88 Å². The van der Waals surface area contributed by atoms with Crippen LogP contribution in [0.25, 0.3) is 0 Å². The number of methoxy groups -OCH3 is 1. The van der Waals surface area contributed by atoms with Crippen LogP contribution in [0.1, 0.15) is 18.0 Å². The van der Waals surface area contributed by atoms with Gasteiger partial charge in [-0.2, -0.15) is 0 Å². The summed E-state index contributed by atoms with van der Waals surface area (Å²) in [6, 6.07) is 6.45. The van der Waals surface area contributed by atoms with Gasteiger partial charge in [-0.3, -0.25) is 5.32 Å². The van der Waals surface area contributed by atoms with Gasteiger partial charge in [-0.1, -0.05) is 6.07 Å². The van der Waals surface area contributed by atoms with Gasteiger partial charge in [-0.05, 0) is 13.0 Å². The summed E-state index contributed by atoms with van der Waals surface area (Å²) in [7, 11) is 1.64. The van der Waals surface area contributed by atoms with E-state index in [0.717, 1.165) is 11.4 Å². The van der Waals surface area contributed by atoms with E-state index in [1.807, 2.05) is 30.0 Å². The molecule has 76 valence electrons. The number of nitrogens with one attached hydrogen (secondary N) is 1. The van der Waals surface area contributed by atoms with Gasteiger partial charge in [0, 0.05) is 17.9 Å². The Morgan fingerprint density at radius 3 is 3.07 bits per heavy atom. The summed E-state index contributed by atoms with van der Waals surface area (Å²) >= 11 is 1.89. The van der Waals surface area contributed by atoms with Gasteiger partial charge in [0.1, 0.15) is 0 Å². The Morgan fingerprint density at radius 1 is 1.57 bits per heavy atom. The Morgan fingerprint density at radius 2 is 2.43 bits per heavy atom. The van der Waals surface area contributed by atoms with Crippen molar-refractivity contribution in [1.29, 1.82) is 0 Å². The lowest BCUT2D eigenvalue weighted by molar-refractivity contribution is 0.395. The van der Waals surface area contributed by atoms with Crippen molar-refractivity contribution in [1.82, 2.24) is 10.3 Å². The number of pyridine rings is 1. The molecule has 0 saturated carbocycles. The maximum atomic E-state index is 5.09. The predicted octanol–water partition coefficient (Wildman–Crippen LogP) is 1.81. The molecule has 0 aliphatic carbocycles. The summed E-state index contributed by atoms with van der Waals surface area (Å²) < 4.78 is 5.09. The van der Waals surface area contributed by atoms with Crippen molar-refractivity contribution in [3.8, 4) is 5.88 Å². The third-order valence-electron chi connectivity index (χ3n) is 2.17. The second kappa shape index (κ2) is 4.19. The van der Waals surface area contributed by atoms with Gasteiger partial charge >= 0.3 is 0 Å². The van der Waals surface area contributed by atoms with Crippen molar-refractivity contribution < 1.29 is 4.74 Å². The highest BCUT2D eigenvalue weighted by Gasteiger charge is 2.23. The summed E-state index contributed by atoms with van der Waals surface area (Å²) in [5, 5.41) is 3.79. The highest BCUT2D eigenvalue weighted by atomic mass is 32.2. The lowest BCUT2D eigenvalue weighted by Crippen LogP contribution is -2.22. The number of nitrogens with zero attached hydrogens (tertiary/aromatic N) is 1. The van der Waals surface area contributed by atoms with Crippen LogP contribution in [0.15, 0.2) is 18.2 Å². The van der Waals surface area contributed by atoms with E-state index in [0.29, 0.717) is 17.3 Å². The molecule has 1 N–H and O–H groups in total. The minimum Gasteiger partial charge on any atom is -0.481 e. The van der Waals surface area contributed by atoms with Gasteiger partial charge in [0.25, 0.3) is 0 Å². The second-order valence-corrected chi connectivity index (χ2v) is 4.52. The van der Waals surface area contributed by atoms with Gasteiger partial charge in [0.2, 0.25) is 5.88 Å². The molecule has 0 radical (unpaired) electrons. The molecule has 1 aliphatic heterocycles. The Balaban J connectivity index is 2.15. The first-order chi connectivity index (χ1) is 6.79. The topological polar surface area (TPSA) is 34.1 Å². The third kappa shape index (κ3) is 2.01. The number of rotatable bonds is 2. The van der Waals surface area contributed by atoms with Crippen molar-refractivity contribution in [2.75, 3.05) is 12.9 Å². The molecule has 2 atom stereocenters. The van der Waals surface area contributed by atoms with E-state index in [2.05, 4.69) is 17.2 Å². The third-order valence-corrected chi connectivity index (χ3v) is 3.57. The predicted molar refractivity (Wildman–Crippen MR) is 58.6 cm³/mol. The van der Waals surface area contributed by atoms with Gasteiger partial charge in [-0.15, -0.1) is 11.8 Å². The molecule has 2 heterocycles. The minimum atomic E-state index is 0.320. The van der Waals surface area contributed by atoms with Gasteiger partial charge in [0.15, 0.2) is 0 Å². The average molecular weight is 210 g/mol. The van der Waals surface area contributed by atoms with Crippen LogP contribution >= 0.6 is 11.8 Å². The lowest BCUT2D eigenvalue weighted by Gasteiger charge is -2.10. The van der Waals surface area contributed by atoms with E-state index in [4.69, 9.17) is 4.74 Å². The summed E-state index contributed by atoms with van der Waals surface area (Å²) in [5.41, 5.74) is 1.05. The van der Waals surface area contributed by atoms with Gasteiger partial charge in [0.05, 0.1) is 18.2 Å². The van der Waals surface area contributed by atoms with Crippen molar-refractivity contribution >= 4 is 11.8 Å². The molecule has 0 aromatic carbocycles. The maximum absolute atomic E-state index is 5.09. The van der Waals surface area contributed by atoms with Crippen molar-refractivity contribution in [3.05, 3.63) is 23.9 Å². The normalized spacial score (nSPS) is 26.4. The van der Waals surface area contributed by atoms with Crippen LogP contribution in [-0.4, -0.2) is 23.9 Å². The van der Waals surface area contributed by atoms with Crippen LogP contribution in [0, 0.1) is 0 Å². The zero-order valence-corrected chi connectivity index (χ0v) is 9.17. The standard InChI is InChI=1S/C10H14N2OS/c1-7-6-14-10(11-7)8-4-3-5-9(12-8)13-2/h3-5,7,10-11H,6H2,1-2H3. The van der Waals surface area contributed by atoms with Crippen LogP contribution < -0.4 is 10.1 Å². The van der Waals surface area contributed by atoms with Crippen molar-refractivity contribution in [3.63, 3.8) is 0 Å². The molecule has 2 rings (SSSR count). The highest BCUT2D eigenvalue weighted by Crippen LogP contribution is 2.31. The zero-order valence-electron chi connectivity index (χ0n) is 8.36. The Bertz CT molecular complexity index is 319. The first kappa shape index (κ1) is 9.80. The zero-order chi connectivity index (χ0) is 9.97. The molecule has 0 bridgehead atoms. The van der Waals surface area contributed by atoms with Crippen LogP contribution in [-0.2, 0) is 0 Å². The summed E-state index contributed by atoms with van der Waals surface area (Å²) in [6.07, 6.45) is 0. The van der Waals surface area contributed by atoms with E-state index in [9.17, 15) is 0 Å². The second-order valence-electron chi connectivity index (χ2n) is 3.39. The number of thioether (sulfide) groups is 1. The largest absolute Gasteiger partial charge is 0.481 e. The number of aromatic nitrogens is 1. The maximum Gasteiger partial charge on any atom is 0.213 e. The minimum absolute atomic E-state index is 0.320. The summed E-state index contributed by atoms with van der Waals surface area (Å²) in [4.78, 5) is 4.40. The lowest BCUT2D eigenvalue weighted by atomic mass is 10.3. The number of hydrogen-bond acceptors (Lipinski definition) is 4. The molecule has 2 unspecified atom stereocenters. The van der Waals surface area contributed by atoms with Crippen LogP contribution in [0.4, 0.5) is 0 Å². The molecule has 1 aromatic rings. The molecule has 1 aliphatic rings. The monoisotopic (exact) mass is 210 g/mol. The Hall–Kier alpha value is -0.740. The van der Waals surface area contributed by atoms with E-state index in [1.54, 1.807) is 7.11 Å².